The lowest BCUT2D eigenvalue weighted by molar-refractivity contribution is 0.639. The summed E-state index contributed by atoms with van der Waals surface area (Å²) < 4.78 is 0. The van der Waals surface area contributed by atoms with Crippen LogP contribution in [0.25, 0.3) is 0 Å². The first-order chi connectivity index (χ1) is 7.63. The second kappa shape index (κ2) is 7.30. The molecule has 4 heteroatoms. The normalized spacial score (nSPS) is 13.3. The van der Waals surface area contributed by atoms with Crippen molar-refractivity contribution in [2.45, 2.75) is 44.9 Å². The molecule has 2 nitrogen and oxygen atoms in total. The first-order valence-corrected chi connectivity index (χ1v) is 7.98. The number of hydrogen-bond acceptors (Lipinski definition) is 4. The average molecular weight is 258 g/mol. The van der Waals surface area contributed by atoms with E-state index in [0.29, 0.717) is 5.92 Å². The number of rotatable bonds is 7. The summed E-state index contributed by atoms with van der Waals surface area (Å²) >= 11 is 3.70. The monoisotopic (exact) mass is 258 g/mol. The molecule has 0 radical (unpaired) electrons. The third-order valence-corrected chi connectivity index (χ3v) is 4.73. The molecule has 0 bridgehead atoms. The molecule has 1 atom stereocenters. The molecular weight excluding hydrogens is 236 g/mol. The summed E-state index contributed by atoms with van der Waals surface area (Å²) in [5.41, 5.74) is 1.19. The molecule has 0 saturated heterocycles. The molecular formula is C12H22N2S2. The quantitative estimate of drug-likeness (QED) is 0.758. The van der Waals surface area contributed by atoms with Gasteiger partial charge in [0.05, 0.1) is 10.7 Å². The molecule has 1 aromatic heterocycles. The zero-order valence-electron chi connectivity index (χ0n) is 10.6. The Morgan fingerprint density at radius 1 is 1.44 bits per heavy atom. The van der Waals surface area contributed by atoms with Gasteiger partial charge in [0.1, 0.15) is 0 Å². The Morgan fingerprint density at radius 3 is 2.75 bits per heavy atom. The van der Waals surface area contributed by atoms with Gasteiger partial charge in [-0.3, -0.25) is 0 Å². The van der Waals surface area contributed by atoms with Gasteiger partial charge in [-0.1, -0.05) is 20.8 Å². The molecule has 1 heterocycles. The summed E-state index contributed by atoms with van der Waals surface area (Å²) in [6.45, 7) is 8.64. The zero-order valence-corrected chi connectivity index (χ0v) is 12.3. The van der Waals surface area contributed by atoms with E-state index in [4.69, 9.17) is 0 Å². The molecule has 0 aliphatic heterocycles. The molecule has 0 amide bonds. The Kier molecular flexibility index (Phi) is 6.39. The van der Waals surface area contributed by atoms with Gasteiger partial charge in [-0.25, -0.2) is 4.98 Å². The van der Waals surface area contributed by atoms with Gasteiger partial charge in [-0.2, -0.15) is 11.8 Å². The fraction of sp³-hybridized carbons (Fsp3) is 0.750. The highest BCUT2D eigenvalue weighted by Gasteiger charge is 2.05. The Labute approximate surface area is 107 Å². The lowest BCUT2D eigenvalue weighted by Crippen LogP contribution is -2.17. The Morgan fingerprint density at radius 2 is 2.19 bits per heavy atom. The standard InChI is InChI=1S/C12H22N2S2/c1-9(2)12-14-11(8-16-12)7-13-6-5-10(3)15-4/h8-10,13H,5-7H2,1-4H3. The maximum atomic E-state index is 4.60. The second-order valence-corrected chi connectivity index (χ2v) is 6.51. The lowest BCUT2D eigenvalue weighted by Gasteiger charge is -2.07. The SMILES string of the molecule is CSC(C)CCNCc1csc(C(C)C)n1. The van der Waals surface area contributed by atoms with Gasteiger partial charge in [0.2, 0.25) is 0 Å². The first-order valence-electron chi connectivity index (χ1n) is 5.81. The number of nitrogens with zero attached hydrogens (tertiary/aromatic N) is 1. The molecule has 0 aromatic carbocycles. The van der Waals surface area contributed by atoms with Crippen LogP contribution in [0.3, 0.4) is 0 Å². The van der Waals surface area contributed by atoms with Crippen molar-refractivity contribution in [1.29, 1.82) is 0 Å². The van der Waals surface area contributed by atoms with Crippen LogP contribution in [-0.2, 0) is 6.54 Å². The summed E-state index contributed by atoms with van der Waals surface area (Å²) in [6.07, 6.45) is 3.39. The summed E-state index contributed by atoms with van der Waals surface area (Å²) in [4.78, 5) is 4.60. The van der Waals surface area contributed by atoms with E-state index >= 15 is 0 Å². The van der Waals surface area contributed by atoms with Crippen molar-refractivity contribution in [1.82, 2.24) is 10.3 Å². The van der Waals surface area contributed by atoms with Crippen LogP contribution in [0.15, 0.2) is 5.38 Å². The van der Waals surface area contributed by atoms with Crippen LogP contribution in [0, 0.1) is 0 Å². The van der Waals surface area contributed by atoms with Gasteiger partial charge >= 0.3 is 0 Å². The van der Waals surface area contributed by atoms with Crippen LogP contribution >= 0.6 is 23.1 Å². The molecule has 1 N–H and O–H groups in total. The van der Waals surface area contributed by atoms with Crippen LogP contribution in [0.2, 0.25) is 0 Å². The minimum Gasteiger partial charge on any atom is -0.311 e. The highest BCUT2D eigenvalue weighted by molar-refractivity contribution is 7.99. The molecule has 0 fully saturated rings. The van der Waals surface area contributed by atoms with Crippen LogP contribution < -0.4 is 5.32 Å². The van der Waals surface area contributed by atoms with E-state index in [9.17, 15) is 0 Å². The van der Waals surface area contributed by atoms with Crippen LogP contribution in [0.1, 0.15) is 43.8 Å². The second-order valence-electron chi connectivity index (χ2n) is 4.34. The molecule has 92 valence electrons. The van der Waals surface area contributed by atoms with Crippen LogP contribution in [-0.4, -0.2) is 23.0 Å². The van der Waals surface area contributed by atoms with Gasteiger partial charge in [0, 0.05) is 23.1 Å². The smallest absolute Gasteiger partial charge is 0.0954 e. The maximum absolute atomic E-state index is 4.60. The van der Waals surface area contributed by atoms with Crippen molar-refractivity contribution < 1.29 is 0 Å². The van der Waals surface area contributed by atoms with Gasteiger partial charge in [-0.15, -0.1) is 11.3 Å². The molecule has 0 saturated carbocycles. The van der Waals surface area contributed by atoms with Crippen molar-refractivity contribution in [3.63, 3.8) is 0 Å². The Balaban J connectivity index is 2.21. The van der Waals surface area contributed by atoms with E-state index in [-0.39, 0.29) is 0 Å². The third kappa shape index (κ3) is 4.85. The molecule has 0 spiro atoms. The first kappa shape index (κ1) is 14.0. The summed E-state index contributed by atoms with van der Waals surface area (Å²) in [5, 5.41) is 7.61. The predicted molar refractivity (Wildman–Crippen MR) is 75.5 cm³/mol. The van der Waals surface area contributed by atoms with Crippen molar-refractivity contribution in [2.75, 3.05) is 12.8 Å². The molecule has 1 unspecified atom stereocenters. The number of nitrogens with one attached hydrogen (secondary N) is 1. The van der Waals surface area contributed by atoms with Gasteiger partial charge < -0.3 is 5.32 Å². The maximum Gasteiger partial charge on any atom is 0.0954 e. The van der Waals surface area contributed by atoms with E-state index in [1.54, 1.807) is 11.3 Å². The van der Waals surface area contributed by atoms with E-state index in [1.807, 2.05) is 11.8 Å². The average Bonchev–Trinajstić information content (AvgIpc) is 2.72. The number of hydrogen-bond donors (Lipinski definition) is 1. The van der Waals surface area contributed by atoms with Gasteiger partial charge in [-0.05, 0) is 19.2 Å². The Bertz CT molecular complexity index is 297. The van der Waals surface area contributed by atoms with Crippen LogP contribution in [0.5, 0.6) is 0 Å². The van der Waals surface area contributed by atoms with Gasteiger partial charge in [0.25, 0.3) is 0 Å². The van der Waals surface area contributed by atoms with Crippen molar-refractivity contribution in [3.8, 4) is 0 Å². The molecule has 1 aromatic rings. The van der Waals surface area contributed by atoms with Crippen LogP contribution in [0.4, 0.5) is 0 Å². The van der Waals surface area contributed by atoms with E-state index in [0.717, 1.165) is 18.3 Å². The molecule has 16 heavy (non-hydrogen) atoms. The van der Waals surface area contributed by atoms with Gasteiger partial charge in [0.15, 0.2) is 0 Å². The lowest BCUT2D eigenvalue weighted by atomic mass is 10.2. The zero-order chi connectivity index (χ0) is 12.0. The minimum absolute atomic E-state index is 0.551. The number of thiazole rings is 1. The van der Waals surface area contributed by atoms with Crippen molar-refractivity contribution in [3.05, 3.63) is 16.1 Å². The number of aromatic nitrogens is 1. The van der Waals surface area contributed by atoms with E-state index in [1.165, 1.54) is 17.1 Å². The fourth-order valence-corrected chi connectivity index (χ4v) is 2.50. The predicted octanol–water partition coefficient (Wildman–Crippen LogP) is 3.50. The molecule has 1 rings (SSSR count). The summed E-state index contributed by atoms with van der Waals surface area (Å²) in [7, 11) is 0. The highest BCUT2D eigenvalue weighted by Crippen LogP contribution is 2.18. The summed E-state index contributed by atoms with van der Waals surface area (Å²) in [6, 6.07) is 0. The number of thioether (sulfide) groups is 1. The largest absolute Gasteiger partial charge is 0.311 e. The highest BCUT2D eigenvalue weighted by atomic mass is 32.2. The van der Waals surface area contributed by atoms with E-state index in [2.05, 4.69) is 42.7 Å². The fourth-order valence-electron chi connectivity index (χ4n) is 1.31. The molecule has 0 aliphatic rings. The Hall–Kier alpha value is -0.0600. The summed E-state index contributed by atoms with van der Waals surface area (Å²) in [5.74, 6) is 0.551. The minimum atomic E-state index is 0.551. The third-order valence-electron chi connectivity index (χ3n) is 2.50. The topological polar surface area (TPSA) is 24.9 Å². The van der Waals surface area contributed by atoms with Crippen molar-refractivity contribution >= 4 is 23.1 Å². The molecule has 0 aliphatic carbocycles. The van der Waals surface area contributed by atoms with Crippen molar-refractivity contribution in [2.24, 2.45) is 0 Å². The van der Waals surface area contributed by atoms with E-state index < -0.39 is 0 Å².